The normalized spacial score (nSPS) is 17.5. The molecule has 0 N–H and O–H groups in total. The highest BCUT2D eigenvalue weighted by Gasteiger charge is 2.12. The maximum absolute atomic E-state index is 13.2. The number of nitrogens with zero attached hydrogens (tertiary/aromatic N) is 3. The average Bonchev–Trinajstić information content (AvgIpc) is 2.87. The van der Waals surface area contributed by atoms with Crippen LogP contribution in [-0.2, 0) is 0 Å². The lowest BCUT2D eigenvalue weighted by Crippen LogP contribution is -2.19. The molecule has 0 spiro atoms. The second kappa shape index (κ2) is 7.01. The zero-order chi connectivity index (χ0) is 15.4. The Kier molecular flexibility index (Phi) is 4.83. The van der Waals surface area contributed by atoms with Gasteiger partial charge in [-0.25, -0.2) is 9.07 Å². The molecule has 1 aliphatic carbocycles. The zero-order valence-corrected chi connectivity index (χ0v) is 13.5. The van der Waals surface area contributed by atoms with E-state index in [0.717, 1.165) is 16.1 Å². The minimum atomic E-state index is -0.247. The summed E-state index contributed by atoms with van der Waals surface area (Å²) in [6.45, 7) is 2.01. The highest BCUT2D eigenvalue weighted by molar-refractivity contribution is 7.07. The van der Waals surface area contributed by atoms with Crippen LogP contribution in [0.5, 0.6) is 0 Å². The molecule has 3 rings (SSSR count). The number of aromatic nitrogens is 1. The lowest BCUT2D eigenvalue weighted by atomic mass is 9.96. The van der Waals surface area contributed by atoms with Crippen molar-refractivity contribution in [2.24, 2.45) is 10.1 Å². The Balaban J connectivity index is 1.87. The molecule has 1 aliphatic rings. The van der Waals surface area contributed by atoms with Gasteiger partial charge in [0.05, 0.1) is 18.0 Å². The molecule has 22 heavy (non-hydrogen) atoms. The van der Waals surface area contributed by atoms with Crippen LogP contribution in [0, 0.1) is 12.7 Å². The lowest BCUT2D eigenvalue weighted by Gasteiger charge is -2.16. The number of benzene rings is 1. The van der Waals surface area contributed by atoms with E-state index in [4.69, 9.17) is 4.99 Å². The van der Waals surface area contributed by atoms with E-state index in [1.54, 1.807) is 23.6 Å². The van der Waals surface area contributed by atoms with E-state index in [2.05, 4.69) is 10.5 Å². The third-order valence-electron chi connectivity index (χ3n) is 3.89. The van der Waals surface area contributed by atoms with Crippen LogP contribution < -0.4 is 4.80 Å². The van der Waals surface area contributed by atoms with Crippen LogP contribution in [0.25, 0.3) is 0 Å². The molecule has 0 aliphatic heterocycles. The number of thiazole rings is 1. The maximum atomic E-state index is 13.2. The van der Waals surface area contributed by atoms with E-state index in [1.165, 1.54) is 44.2 Å². The van der Waals surface area contributed by atoms with Gasteiger partial charge in [0.1, 0.15) is 5.82 Å². The third-order valence-corrected chi connectivity index (χ3v) is 4.84. The lowest BCUT2D eigenvalue weighted by molar-refractivity contribution is 0.435. The van der Waals surface area contributed by atoms with Gasteiger partial charge in [-0.05, 0) is 37.5 Å². The van der Waals surface area contributed by atoms with Crippen LogP contribution in [0.3, 0.4) is 0 Å². The Morgan fingerprint density at radius 3 is 2.86 bits per heavy atom. The van der Waals surface area contributed by atoms with Crippen LogP contribution in [0.2, 0.25) is 0 Å². The summed E-state index contributed by atoms with van der Waals surface area (Å²) >= 11 is 1.62. The van der Waals surface area contributed by atoms with Crippen LogP contribution in [0.1, 0.15) is 43.4 Å². The molecule has 0 bridgehead atoms. The summed E-state index contributed by atoms with van der Waals surface area (Å²) in [4.78, 5) is 5.79. The summed E-state index contributed by atoms with van der Waals surface area (Å²) in [5.74, 6) is -0.247. The van der Waals surface area contributed by atoms with Crippen molar-refractivity contribution in [1.29, 1.82) is 0 Å². The molecular weight excluding hydrogens is 297 g/mol. The molecule has 116 valence electrons. The minimum Gasteiger partial charge on any atom is -0.254 e. The Morgan fingerprint density at radius 2 is 2.09 bits per heavy atom. The first kappa shape index (κ1) is 15.2. The Labute approximate surface area is 133 Å². The van der Waals surface area contributed by atoms with Crippen molar-refractivity contribution >= 4 is 17.6 Å². The van der Waals surface area contributed by atoms with Crippen LogP contribution in [0.15, 0.2) is 39.7 Å². The number of hydrogen-bond acceptors (Lipinski definition) is 3. The van der Waals surface area contributed by atoms with E-state index >= 15 is 0 Å². The fraction of sp³-hybridized carbons (Fsp3) is 0.412. The number of aryl methyl sites for hydroxylation is 1. The van der Waals surface area contributed by atoms with E-state index < -0.39 is 0 Å². The molecule has 0 amide bonds. The van der Waals surface area contributed by atoms with Gasteiger partial charge in [0.25, 0.3) is 0 Å². The molecule has 1 heterocycles. The van der Waals surface area contributed by atoms with Crippen molar-refractivity contribution in [2.75, 3.05) is 0 Å². The first-order valence-corrected chi connectivity index (χ1v) is 8.61. The number of halogens is 1. The van der Waals surface area contributed by atoms with Gasteiger partial charge in [-0.1, -0.05) is 31.4 Å². The molecule has 1 aromatic carbocycles. The molecule has 3 nitrogen and oxygen atoms in total. The largest absolute Gasteiger partial charge is 0.254 e. The van der Waals surface area contributed by atoms with E-state index in [-0.39, 0.29) is 5.82 Å². The first-order chi connectivity index (χ1) is 10.7. The SMILES string of the molecule is Cc1csc(=NC2CCCCC2)n1N=Cc1cccc(F)c1. The predicted octanol–water partition coefficient (Wildman–Crippen LogP) is 4.11. The fourth-order valence-electron chi connectivity index (χ4n) is 2.69. The number of hydrogen-bond donors (Lipinski definition) is 0. The van der Waals surface area contributed by atoms with Crippen LogP contribution in [-0.4, -0.2) is 16.9 Å². The van der Waals surface area contributed by atoms with E-state index in [0.29, 0.717) is 6.04 Å². The molecule has 5 heteroatoms. The number of rotatable bonds is 3. The van der Waals surface area contributed by atoms with Crippen molar-refractivity contribution in [3.8, 4) is 0 Å². The highest BCUT2D eigenvalue weighted by atomic mass is 32.1. The molecule has 0 unspecified atom stereocenters. The fourth-order valence-corrected chi connectivity index (χ4v) is 3.57. The van der Waals surface area contributed by atoms with Crippen molar-refractivity contribution in [2.45, 2.75) is 45.1 Å². The van der Waals surface area contributed by atoms with Gasteiger partial charge >= 0.3 is 0 Å². The summed E-state index contributed by atoms with van der Waals surface area (Å²) < 4.78 is 15.1. The third kappa shape index (κ3) is 3.71. The van der Waals surface area contributed by atoms with Crippen molar-refractivity contribution in [1.82, 2.24) is 4.68 Å². The van der Waals surface area contributed by atoms with Gasteiger partial charge in [-0.2, -0.15) is 5.10 Å². The second-order valence-corrected chi connectivity index (χ2v) is 6.53. The van der Waals surface area contributed by atoms with Crippen LogP contribution in [0.4, 0.5) is 4.39 Å². The topological polar surface area (TPSA) is 29.6 Å². The van der Waals surface area contributed by atoms with Crippen LogP contribution >= 0.6 is 11.3 Å². The standard InChI is InChI=1S/C17H20FN3S/c1-13-12-22-17(20-16-8-3-2-4-9-16)21(13)19-11-14-6-5-7-15(18)10-14/h5-7,10-12,16H,2-4,8-9H2,1H3. The molecule has 2 aromatic rings. The summed E-state index contributed by atoms with van der Waals surface area (Å²) in [6.07, 6.45) is 7.89. The van der Waals surface area contributed by atoms with E-state index in [9.17, 15) is 4.39 Å². The molecule has 1 saturated carbocycles. The Morgan fingerprint density at radius 1 is 1.27 bits per heavy atom. The van der Waals surface area contributed by atoms with Gasteiger partial charge in [-0.15, -0.1) is 11.3 Å². The zero-order valence-electron chi connectivity index (χ0n) is 12.7. The van der Waals surface area contributed by atoms with Gasteiger partial charge in [0.15, 0.2) is 0 Å². The molecular formula is C17H20FN3S. The molecule has 1 aromatic heterocycles. The monoisotopic (exact) mass is 317 g/mol. The van der Waals surface area contributed by atoms with Gasteiger partial charge < -0.3 is 0 Å². The highest BCUT2D eigenvalue weighted by Crippen LogP contribution is 2.20. The second-order valence-electron chi connectivity index (χ2n) is 5.69. The van der Waals surface area contributed by atoms with Crippen molar-refractivity contribution in [3.05, 3.63) is 51.5 Å². The predicted molar refractivity (Wildman–Crippen MR) is 88.9 cm³/mol. The summed E-state index contributed by atoms with van der Waals surface area (Å²) in [6, 6.07) is 6.86. The maximum Gasteiger partial charge on any atom is 0.206 e. The molecule has 0 radical (unpaired) electrons. The van der Waals surface area contributed by atoms with Gasteiger partial charge in [-0.3, -0.25) is 4.99 Å². The van der Waals surface area contributed by atoms with Gasteiger partial charge in [0.2, 0.25) is 4.80 Å². The smallest absolute Gasteiger partial charge is 0.206 e. The molecule has 0 saturated heterocycles. The molecule has 0 atom stereocenters. The minimum absolute atomic E-state index is 0.247. The molecule has 1 fully saturated rings. The Hall–Kier alpha value is -1.75. The first-order valence-electron chi connectivity index (χ1n) is 7.73. The summed E-state index contributed by atoms with van der Waals surface area (Å²) in [7, 11) is 0. The van der Waals surface area contributed by atoms with E-state index in [1.807, 2.05) is 17.7 Å². The van der Waals surface area contributed by atoms with Crippen molar-refractivity contribution < 1.29 is 4.39 Å². The Bertz CT molecular complexity index is 724. The van der Waals surface area contributed by atoms with Gasteiger partial charge in [0, 0.05) is 5.38 Å². The average molecular weight is 317 g/mol. The summed E-state index contributed by atoms with van der Waals surface area (Å²) in [5, 5.41) is 6.54. The summed E-state index contributed by atoms with van der Waals surface area (Å²) in [5.41, 5.74) is 1.80. The van der Waals surface area contributed by atoms with Crippen molar-refractivity contribution in [3.63, 3.8) is 0 Å². The quantitative estimate of drug-likeness (QED) is 0.763.